The SMILES string of the molecule is CCCCCCCCCCCC=P. The van der Waals surface area contributed by atoms with Crippen molar-refractivity contribution in [3.05, 3.63) is 0 Å². The number of rotatable bonds is 10. The molecule has 78 valence electrons. The van der Waals surface area contributed by atoms with Gasteiger partial charge in [-0.3, -0.25) is 0 Å². The fourth-order valence-corrected chi connectivity index (χ4v) is 1.76. The molecular weight excluding hydrogens is 175 g/mol. The van der Waals surface area contributed by atoms with Gasteiger partial charge in [-0.15, -0.1) is 8.86 Å². The van der Waals surface area contributed by atoms with Crippen LogP contribution in [0.5, 0.6) is 0 Å². The summed E-state index contributed by atoms with van der Waals surface area (Å²) in [5.41, 5.74) is 0. The van der Waals surface area contributed by atoms with Crippen LogP contribution >= 0.6 is 8.86 Å². The molecule has 0 fully saturated rings. The maximum Gasteiger partial charge on any atom is -0.0310 e. The first-order valence-electron chi connectivity index (χ1n) is 5.90. The lowest BCUT2D eigenvalue weighted by atomic mass is 10.1. The van der Waals surface area contributed by atoms with E-state index in [0.29, 0.717) is 0 Å². The minimum absolute atomic E-state index is 1.23. The Bertz CT molecular complexity index is 99.3. The van der Waals surface area contributed by atoms with E-state index in [1.54, 1.807) is 0 Å². The third-order valence-electron chi connectivity index (χ3n) is 2.45. The van der Waals surface area contributed by atoms with Gasteiger partial charge in [-0.2, -0.15) is 0 Å². The van der Waals surface area contributed by atoms with Crippen LogP contribution in [0.15, 0.2) is 0 Å². The fourth-order valence-electron chi connectivity index (χ4n) is 1.56. The summed E-state index contributed by atoms with van der Waals surface area (Å²) in [6.07, 6.45) is 14.0. The van der Waals surface area contributed by atoms with E-state index in [2.05, 4.69) is 21.6 Å². The van der Waals surface area contributed by atoms with E-state index in [1.807, 2.05) is 0 Å². The Morgan fingerprint density at radius 1 is 0.769 bits per heavy atom. The largest absolute Gasteiger partial charge is 0.127 e. The van der Waals surface area contributed by atoms with E-state index in [-0.39, 0.29) is 0 Å². The number of hydrogen-bond donors (Lipinski definition) is 0. The normalized spacial score (nSPS) is 10.2. The van der Waals surface area contributed by atoms with Gasteiger partial charge >= 0.3 is 0 Å². The molecule has 13 heavy (non-hydrogen) atoms. The number of hydrogen-bond acceptors (Lipinski definition) is 0. The summed E-state index contributed by atoms with van der Waals surface area (Å²) < 4.78 is 0. The lowest BCUT2D eigenvalue weighted by molar-refractivity contribution is 0.569. The van der Waals surface area contributed by atoms with Gasteiger partial charge in [0.1, 0.15) is 0 Å². The summed E-state index contributed by atoms with van der Waals surface area (Å²) in [6, 6.07) is 0. The minimum atomic E-state index is 1.23. The van der Waals surface area contributed by atoms with E-state index in [0.717, 1.165) is 0 Å². The van der Waals surface area contributed by atoms with Crippen molar-refractivity contribution >= 4 is 14.7 Å². The second-order valence-corrected chi connectivity index (χ2v) is 4.23. The van der Waals surface area contributed by atoms with Crippen LogP contribution in [0.25, 0.3) is 0 Å². The first kappa shape index (κ1) is 13.2. The molecule has 1 heteroatoms. The summed E-state index contributed by atoms with van der Waals surface area (Å²) in [5, 5.41) is 0. The van der Waals surface area contributed by atoms with E-state index < -0.39 is 0 Å². The molecule has 0 aliphatic carbocycles. The molecule has 0 saturated carbocycles. The lowest BCUT2D eigenvalue weighted by Gasteiger charge is -2.00. The van der Waals surface area contributed by atoms with Crippen molar-refractivity contribution in [2.24, 2.45) is 0 Å². The average Bonchev–Trinajstić information content (AvgIpc) is 2.16. The lowest BCUT2D eigenvalue weighted by Crippen LogP contribution is -1.81. The van der Waals surface area contributed by atoms with Crippen LogP contribution in [-0.4, -0.2) is 5.80 Å². The topological polar surface area (TPSA) is 0 Å². The predicted octanol–water partition coefficient (Wildman–Crippen LogP) is 4.85. The molecule has 0 aromatic heterocycles. The molecule has 0 unspecified atom stereocenters. The van der Waals surface area contributed by atoms with Gasteiger partial charge < -0.3 is 0 Å². The highest BCUT2D eigenvalue weighted by molar-refractivity contribution is 7.18. The summed E-state index contributed by atoms with van der Waals surface area (Å²) in [6.45, 7) is 2.27. The highest BCUT2D eigenvalue weighted by Gasteiger charge is 1.90. The van der Waals surface area contributed by atoms with Gasteiger partial charge in [-0.25, -0.2) is 0 Å². The fraction of sp³-hybridized carbons (Fsp3) is 0.917. The zero-order valence-electron chi connectivity index (χ0n) is 9.15. The minimum Gasteiger partial charge on any atom is -0.127 e. The Morgan fingerprint density at radius 2 is 1.23 bits per heavy atom. The molecule has 0 bridgehead atoms. The summed E-state index contributed by atoms with van der Waals surface area (Å²) >= 11 is 0. The molecule has 0 rings (SSSR count). The van der Waals surface area contributed by atoms with Crippen molar-refractivity contribution in [3.8, 4) is 0 Å². The molecular formula is C12H25P. The first-order chi connectivity index (χ1) is 6.41. The Hall–Kier alpha value is 0.170. The van der Waals surface area contributed by atoms with Gasteiger partial charge in [0.2, 0.25) is 0 Å². The van der Waals surface area contributed by atoms with Crippen LogP contribution in [0.1, 0.15) is 71.1 Å². The molecule has 0 nitrogen and oxygen atoms in total. The molecule has 0 aliphatic heterocycles. The van der Waals surface area contributed by atoms with Crippen molar-refractivity contribution in [3.63, 3.8) is 0 Å². The van der Waals surface area contributed by atoms with Crippen LogP contribution in [0, 0.1) is 0 Å². The third kappa shape index (κ3) is 12.2. The Morgan fingerprint density at radius 3 is 1.69 bits per heavy atom. The Labute approximate surface area is 86.3 Å². The van der Waals surface area contributed by atoms with E-state index in [4.69, 9.17) is 0 Å². The van der Waals surface area contributed by atoms with Gasteiger partial charge in [-0.1, -0.05) is 64.1 Å². The quantitative estimate of drug-likeness (QED) is 0.349. The van der Waals surface area contributed by atoms with Gasteiger partial charge in [0.05, 0.1) is 0 Å². The number of unbranched alkanes of at least 4 members (excludes halogenated alkanes) is 9. The van der Waals surface area contributed by atoms with Gasteiger partial charge in [-0.05, 0) is 12.8 Å². The molecule has 0 amide bonds. The van der Waals surface area contributed by atoms with Gasteiger partial charge in [0.25, 0.3) is 0 Å². The standard InChI is InChI=1S/C12H25P/c1-2-3-4-5-6-7-8-9-10-11-12-13/h12-13H,2-11H2,1H3. The smallest absolute Gasteiger partial charge is 0.0310 e. The van der Waals surface area contributed by atoms with Crippen LogP contribution in [-0.2, 0) is 0 Å². The zero-order valence-corrected chi connectivity index (χ0v) is 10.1. The molecule has 0 atom stereocenters. The van der Waals surface area contributed by atoms with Crippen LogP contribution in [0.4, 0.5) is 0 Å². The Kier molecular flexibility index (Phi) is 12.3. The molecule has 0 aromatic carbocycles. The second kappa shape index (κ2) is 12.2. The van der Waals surface area contributed by atoms with Crippen molar-refractivity contribution in [1.29, 1.82) is 0 Å². The van der Waals surface area contributed by atoms with E-state index >= 15 is 0 Å². The Balaban J connectivity index is 2.79. The van der Waals surface area contributed by atoms with Gasteiger partial charge in [0, 0.05) is 0 Å². The maximum atomic E-state index is 3.38. The first-order valence-corrected chi connectivity index (χ1v) is 6.48. The molecule has 0 N–H and O–H groups in total. The summed E-state index contributed by atoms with van der Waals surface area (Å²) in [7, 11) is 3.38. The van der Waals surface area contributed by atoms with Crippen LogP contribution in [0.2, 0.25) is 0 Å². The van der Waals surface area contributed by atoms with E-state index in [9.17, 15) is 0 Å². The maximum absolute atomic E-state index is 3.38. The molecule has 0 aliphatic rings. The predicted molar refractivity (Wildman–Crippen MR) is 66.2 cm³/mol. The van der Waals surface area contributed by atoms with E-state index in [1.165, 1.54) is 64.2 Å². The summed E-state index contributed by atoms with van der Waals surface area (Å²) in [5.74, 6) is 2.08. The molecule has 0 radical (unpaired) electrons. The zero-order chi connectivity index (χ0) is 9.78. The van der Waals surface area contributed by atoms with Crippen LogP contribution in [0.3, 0.4) is 0 Å². The monoisotopic (exact) mass is 200 g/mol. The second-order valence-electron chi connectivity index (χ2n) is 3.82. The van der Waals surface area contributed by atoms with Crippen molar-refractivity contribution in [2.75, 3.05) is 0 Å². The average molecular weight is 200 g/mol. The van der Waals surface area contributed by atoms with Crippen LogP contribution < -0.4 is 0 Å². The van der Waals surface area contributed by atoms with Crippen molar-refractivity contribution in [2.45, 2.75) is 71.1 Å². The molecule has 0 aromatic rings. The molecule has 0 spiro atoms. The molecule has 0 saturated heterocycles. The van der Waals surface area contributed by atoms with Crippen molar-refractivity contribution < 1.29 is 0 Å². The summed E-state index contributed by atoms with van der Waals surface area (Å²) in [4.78, 5) is 0. The highest BCUT2D eigenvalue weighted by Crippen LogP contribution is 2.09. The van der Waals surface area contributed by atoms with Crippen molar-refractivity contribution in [1.82, 2.24) is 0 Å². The van der Waals surface area contributed by atoms with Gasteiger partial charge in [0.15, 0.2) is 0 Å². The highest BCUT2D eigenvalue weighted by atomic mass is 31.0. The third-order valence-corrected chi connectivity index (χ3v) is 2.74. The molecule has 0 heterocycles.